The highest BCUT2D eigenvalue weighted by Crippen LogP contribution is 2.05. The molecule has 0 heterocycles. The average Bonchev–Trinajstić information content (AvgIpc) is 2.74. The number of benzene rings is 1. The molecule has 8 nitrogen and oxygen atoms in total. The summed E-state index contributed by atoms with van der Waals surface area (Å²) < 4.78 is 5.08. The van der Waals surface area contributed by atoms with E-state index in [1.165, 1.54) is 0 Å². The van der Waals surface area contributed by atoms with Gasteiger partial charge in [-0.25, -0.2) is 0 Å². The quantitative estimate of drug-likeness (QED) is 0.377. The van der Waals surface area contributed by atoms with E-state index in [1.807, 2.05) is 44.2 Å². The van der Waals surface area contributed by atoms with Crippen LogP contribution in [-0.4, -0.2) is 40.7 Å². The molecule has 0 amide bonds. The number of esters is 1. The van der Waals surface area contributed by atoms with E-state index in [-0.39, 0.29) is 31.0 Å². The van der Waals surface area contributed by atoms with Crippen molar-refractivity contribution in [3.63, 3.8) is 0 Å². The Morgan fingerprint density at radius 1 is 0.871 bits per heavy atom. The number of nitrogens with two attached hydrogens (primary N) is 2. The van der Waals surface area contributed by atoms with Crippen LogP contribution in [0.5, 0.6) is 0 Å². The molecule has 0 bridgehead atoms. The van der Waals surface area contributed by atoms with Gasteiger partial charge in [-0.1, -0.05) is 57.0 Å². The Balaban J connectivity index is 0.000000649. The van der Waals surface area contributed by atoms with Crippen molar-refractivity contribution in [2.45, 2.75) is 83.9 Å². The van der Waals surface area contributed by atoms with Crippen molar-refractivity contribution < 1.29 is 29.0 Å². The molecule has 0 saturated carbocycles. The minimum Gasteiger partial charge on any atom is -0.481 e. The van der Waals surface area contributed by atoms with Crippen LogP contribution >= 0.6 is 0 Å². The van der Waals surface area contributed by atoms with Crippen molar-refractivity contribution in [3.05, 3.63) is 35.9 Å². The van der Waals surface area contributed by atoms with Crippen LogP contribution in [-0.2, 0) is 30.5 Å². The van der Waals surface area contributed by atoms with Crippen LogP contribution in [0.1, 0.15) is 70.8 Å². The molecular weight excluding hydrogens is 400 g/mol. The van der Waals surface area contributed by atoms with Gasteiger partial charge in [0.1, 0.15) is 18.2 Å². The second kappa shape index (κ2) is 17.1. The Morgan fingerprint density at radius 3 is 1.81 bits per heavy atom. The molecule has 2 atom stereocenters. The first-order valence-electron chi connectivity index (χ1n) is 10.7. The molecule has 0 fully saturated rings. The number of rotatable bonds is 14. The lowest BCUT2D eigenvalue weighted by Gasteiger charge is -2.10. The number of ketones is 2. The van der Waals surface area contributed by atoms with Gasteiger partial charge in [-0.3, -0.25) is 19.2 Å². The Bertz CT molecular complexity index is 678. The van der Waals surface area contributed by atoms with Crippen LogP contribution in [0.2, 0.25) is 0 Å². The van der Waals surface area contributed by atoms with E-state index in [0.717, 1.165) is 31.2 Å². The molecule has 8 heteroatoms. The molecular formula is C23H36N2O6. The lowest BCUT2D eigenvalue weighted by Crippen LogP contribution is -2.33. The van der Waals surface area contributed by atoms with E-state index in [0.29, 0.717) is 12.8 Å². The van der Waals surface area contributed by atoms with Crippen molar-refractivity contribution >= 4 is 23.5 Å². The third-order valence-corrected chi connectivity index (χ3v) is 4.40. The summed E-state index contributed by atoms with van der Waals surface area (Å²) in [6, 6.07) is 7.84. The van der Waals surface area contributed by atoms with E-state index in [9.17, 15) is 19.2 Å². The largest absolute Gasteiger partial charge is 0.481 e. The second-order valence-electron chi connectivity index (χ2n) is 7.30. The third kappa shape index (κ3) is 15.0. The van der Waals surface area contributed by atoms with Gasteiger partial charge in [0.05, 0.1) is 24.9 Å². The van der Waals surface area contributed by atoms with Crippen LogP contribution < -0.4 is 11.5 Å². The number of carbonyl (C=O) groups excluding carboxylic acids is 3. The first kappa shape index (κ1) is 28.4. The fraction of sp³-hybridized carbons (Fsp3) is 0.565. The molecule has 1 aromatic carbocycles. The predicted octanol–water partition coefficient (Wildman–Crippen LogP) is 2.75. The van der Waals surface area contributed by atoms with E-state index in [2.05, 4.69) is 0 Å². The summed E-state index contributed by atoms with van der Waals surface area (Å²) in [4.78, 5) is 44.3. The van der Waals surface area contributed by atoms with E-state index < -0.39 is 24.0 Å². The summed E-state index contributed by atoms with van der Waals surface area (Å²) in [5.41, 5.74) is 11.9. The maximum absolute atomic E-state index is 11.6. The maximum atomic E-state index is 11.6. The highest BCUT2D eigenvalue weighted by atomic mass is 16.5. The topological polar surface area (TPSA) is 150 Å². The summed E-state index contributed by atoms with van der Waals surface area (Å²) in [7, 11) is 0. The van der Waals surface area contributed by atoms with Gasteiger partial charge in [0, 0.05) is 12.8 Å². The van der Waals surface area contributed by atoms with Crippen molar-refractivity contribution in [1.29, 1.82) is 0 Å². The molecule has 0 spiro atoms. The lowest BCUT2D eigenvalue weighted by molar-refractivity contribution is -0.146. The van der Waals surface area contributed by atoms with E-state index in [1.54, 1.807) is 0 Å². The van der Waals surface area contributed by atoms with Crippen LogP contribution in [0.3, 0.4) is 0 Å². The molecule has 1 rings (SSSR count). The first-order valence-corrected chi connectivity index (χ1v) is 10.7. The summed E-state index contributed by atoms with van der Waals surface area (Å²) in [5, 5.41) is 8.33. The Hall–Kier alpha value is -2.58. The van der Waals surface area contributed by atoms with Crippen molar-refractivity contribution in [1.82, 2.24) is 0 Å². The number of unbranched alkanes of at least 4 members (excludes halogenated alkanes) is 2. The summed E-state index contributed by atoms with van der Waals surface area (Å²) in [6.07, 6.45) is 3.98. The van der Waals surface area contributed by atoms with Crippen LogP contribution in [0.15, 0.2) is 30.3 Å². The van der Waals surface area contributed by atoms with Gasteiger partial charge in [-0.15, -0.1) is 0 Å². The number of hydrogen-bond acceptors (Lipinski definition) is 7. The highest BCUT2D eigenvalue weighted by Gasteiger charge is 2.18. The van der Waals surface area contributed by atoms with Crippen molar-refractivity contribution in [2.24, 2.45) is 11.5 Å². The number of hydrogen-bond donors (Lipinski definition) is 3. The van der Waals surface area contributed by atoms with Crippen LogP contribution in [0.4, 0.5) is 0 Å². The third-order valence-electron chi connectivity index (χ3n) is 4.40. The summed E-state index contributed by atoms with van der Waals surface area (Å²) in [6.45, 7) is 4.19. The van der Waals surface area contributed by atoms with E-state index >= 15 is 0 Å². The zero-order valence-corrected chi connectivity index (χ0v) is 18.5. The Morgan fingerprint density at radius 2 is 1.35 bits per heavy atom. The summed E-state index contributed by atoms with van der Waals surface area (Å²) in [5.74, 6) is -1.67. The number of carboxylic acids is 1. The second-order valence-corrected chi connectivity index (χ2v) is 7.30. The molecule has 0 aliphatic heterocycles. The first-order chi connectivity index (χ1) is 14.7. The predicted molar refractivity (Wildman–Crippen MR) is 118 cm³/mol. The van der Waals surface area contributed by atoms with Gasteiger partial charge in [-0.2, -0.15) is 0 Å². The van der Waals surface area contributed by atoms with Crippen LogP contribution in [0, 0.1) is 0 Å². The zero-order chi connectivity index (χ0) is 23.6. The van der Waals surface area contributed by atoms with Gasteiger partial charge < -0.3 is 21.3 Å². The number of Topliss-reactive ketones (excluding diaryl/α,β-unsaturated/α-hetero) is 2. The molecule has 0 saturated heterocycles. The van der Waals surface area contributed by atoms with Gasteiger partial charge in [0.15, 0.2) is 0 Å². The fourth-order valence-corrected chi connectivity index (χ4v) is 2.47. The normalized spacial score (nSPS) is 12.1. The van der Waals surface area contributed by atoms with Gasteiger partial charge in [0.2, 0.25) is 0 Å². The molecule has 31 heavy (non-hydrogen) atoms. The molecule has 0 aliphatic rings. The SMILES string of the molecule is CCCCC(=O)C(N)CC(=O)O.CCCCC(=O)C(N)CC(=O)OCc1ccccc1. The zero-order valence-electron chi connectivity index (χ0n) is 18.5. The Labute approximate surface area is 184 Å². The number of ether oxygens (including phenoxy) is 1. The van der Waals surface area contributed by atoms with Gasteiger partial charge in [0.25, 0.3) is 0 Å². The molecule has 1 aromatic rings. The highest BCUT2D eigenvalue weighted by molar-refractivity contribution is 5.88. The number of carboxylic acid groups (broad SMARTS) is 1. The minimum atomic E-state index is -1.02. The fourth-order valence-electron chi connectivity index (χ4n) is 2.47. The number of carbonyl (C=O) groups is 4. The number of aliphatic carboxylic acids is 1. The molecule has 0 radical (unpaired) electrons. The Kier molecular flexibility index (Phi) is 15.7. The van der Waals surface area contributed by atoms with Crippen molar-refractivity contribution in [3.8, 4) is 0 Å². The van der Waals surface area contributed by atoms with Crippen molar-refractivity contribution in [2.75, 3.05) is 0 Å². The molecule has 0 aliphatic carbocycles. The molecule has 2 unspecified atom stereocenters. The standard InChI is InChI=1S/C15H21NO3.C8H15NO3/c1-2-3-9-14(17)13(16)10-15(18)19-11-12-7-5-4-6-8-12;1-2-3-4-7(10)6(9)5-8(11)12/h4-8,13H,2-3,9-11,16H2,1H3;6H,2-5,9H2,1H3,(H,11,12). The summed E-state index contributed by atoms with van der Waals surface area (Å²) >= 11 is 0. The van der Waals surface area contributed by atoms with Gasteiger partial charge >= 0.3 is 11.9 Å². The molecule has 5 N–H and O–H groups in total. The van der Waals surface area contributed by atoms with Gasteiger partial charge in [-0.05, 0) is 18.4 Å². The molecule has 0 aromatic heterocycles. The maximum Gasteiger partial charge on any atom is 0.308 e. The van der Waals surface area contributed by atoms with E-state index in [4.69, 9.17) is 21.3 Å². The van der Waals surface area contributed by atoms with Crippen LogP contribution in [0.25, 0.3) is 0 Å². The minimum absolute atomic E-state index is 0.0462. The smallest absolute Gasteiger partial charge is 0.308 e. The lowest BCUT2D eigenvalue weighted by atomic mass is 10.1. The monoisotopic (exact) mass is 436 g/mol. The average molecular weight is 437 g/mol. The molecule has 174 valence electrons.